The average molecular weight is 403 g/mol. The molecule has 2 aromatic carbocycles. The summed E-state index contributed by atoms with van der Waals surface area (Å²) in [5.74, 6) is -0.0152. The number of amides is 2. The fourth-order valence-corrected chi connectivity index (χ4v) is 3.11. The van der Waals surface area contributed by atoms with Crippen molar-refractivity contribution in [2.45, 2.75) is 6.61 Å². The largest absolute Gasteiger partial charge is 0.445 e. The van der Waals surface area contributed by atoms with Crippen molar-refractivity contribution in [1.82, 2.24) is 9.80 Å². The number of halogens is 1. The second-order valence-electron chi connectivity index (χ2n) is 5.83. The molecule has 130 valence electrons. The summed E-state index contributed by atoms with van der Waals surface area (Å²) < 4.78 is 6.22. The second kappa shape index (κ2) is 8.16. The molecule has 0 aliphatic carbocycles. The lowest BCUT2D eigenvalue weighted by Crippen LogP contribution is -2.50. The van der Waals surface area contributed by atoms with Crippen LogP contribution in [0.25, 0.3) is 0 Å². The molecule has 2 aromatic rings. The summed E-state index contributed by atoms with van der Waals surface area (Å²) in [7, 11) is 0. The molecule has 2 amide bonds. The number of piperazine rings is 1. The number of carbonyl (C=O) groups is 2. The number of rotatable bonds is 3. The van der Waals surface area contributed by atoms with Crippen molar-refractivity contribution in [3.05, 3.63) is 70.2 Å². The van der Waals surface area contributed by atoms with E-state index in [1.165, 1.54) is 0 Å². The number of carbonyl (C=O) groups excluding carboxylic acids is 2. The maximum atomic E-state index is 12.5. The monoisotopic (exact) mass is 402 g/mol. The van der Waals surface area contributed by atoms with E-state index in [4.69, 9.17) is 4.74 Å². The van der Waals surface area contributed by atoms with Gasteiger partial charge in [0.2, 0.25) is 0 Å². The van der Waals surface area contributed by atoms with Gasteiger partial charge in [0.05, 0.1) is 0 Å². The first-order valence-electron chi connectivity index (χ1n) is 8.14. The lowest BCUT2D eigenvalue weighted by Gasteiger charge is -2.34. The van der Waals surface area contributed by atoms with Crippen LogP contribution in [0.2, 0.25) is 0 Å². The third-order valence-electron chi connectivity index (χ3n) is 4.10. The highest BCUT2D eigenvalue weighted by Crippen LogP contribution is 2.15. The van der Waals surface area contributed by atoms with Crippen molar-refractivity contribution < 1.29 is 14.3 Å². The molecule has 1 aliphatic heterocycles. The van der Waals surface area contributed by atoms with Gasteiger partial charge >= 0.3 is 6.09 Å². The number of hydrogen-bond donors (Lipinski definition) is 0. The molecular formula is C19H19BrN2O3. The fourth-order valence-electron chi connectivity index (χ4n) is 2.71. The van der Waals surface area contributed by atoms with Gasteiger partial charge in [-0.25, -0.2) is 4.79 Å². The molecule has 0 atom stereocenters. The molecule has 0 bridgehead atoms. The van der Waals surface area contributed by atoms with E-state index in [1.807, 2.05) is 48.5 Å². The molecule has 0 unspecified atom stereocenters. The number of hydrogen-bond acceptors (Lipinski definition) is 3. The van der Waals surface area contributed by atoms with Crippen LogP contribution < -0.4 is 0 Å². The lowest BCUT2D eigenvalue weighted by molar-refractivity contribution is 0.0544. The van der Waals surface area contributed by atoms with Crippen molar-refractivity contribution >= 4 is 27.9 Å². The molecule has 3 rings (SSSR count). The Kier molecular flexibility index (Phi) is 5.71. The quantitative estimate of drug-likeness (QED) is 0.788. The predicted octanol–water partition coefficient (Wildman–Crippen LogP) is 3.54. The first-order valence-corrected chi connectivity index (χ1v) is 8.93. The Morgan fingerprint density at radius 2 is 1.60 bits per heavy atom. The minimum absolute atomic E-state index is 0.0152. The average Bonchev–Trinajstić information content (AvgIpc) is 2.66. The molecule has 1 heterocycles. The van der Waals surface area contributed by atoms with E-state index in [9.17, 15) is 9.59 Å². The zero-order chi connectivity index (χ0) is 17.6. The molecule has 1 fully saturated rings. The summed E-state index contributed by atoms with van der Waals surface area (Å²) in [4.78, 5) is 28.1. The fraction of sp³-hybridized carbons (Fsp3) is 0.263. The maximum Gasteiger partial charge on any atom is 0.410 e. The van der Waals surface area contributed by atoms with E-state index in [0.29, 0.717) is 31.7 Å². The molecule has 1 aliphatic rings. The summed E-state index contributed by atoms with van der Waals surface area (Å²) in [5, 5.41) is 0. The summed E-state index contributed by atoms with van der Waals surface area (Å²) >= 11 is 3.38. The highest BCUT2D eigenvalue weighted by molar-refractivity contribution is 9.10. The molecule has 25 heavy (non-hydrogen) atoms. The molecule has 5 nitrogen and oxygen atoms in total. The highest BCUT2D eigenvalue weighted by Gasteiger charge is 2.25. The SMILES string of the molecule is O=C(OCc1ccccc1)N1CCN(C(=O)c2cccc(Br)c2)CC1. The molecule has 0 spiro atoms. The van der Waals surface area contributed by atoms with Crippen LogP contribution in [0, 0.1) is 0 Å². The van der Waals surface area contributed by atoms with Crippen LogP contribution in [0.1, 0.15) is 15.9 Å². The predicted molar refractivity (Wildman–Crippen MR) is 98.2 cm³/mol. The van der Waals surface area contributed by atoms with Crippen molar-refractivity contribution in [3.8, 4) is 0 Å². The van der Waals surface area contributed by atoms with Gasteiger partial charge in [-0.1, -0.05) is 52.3 Å². The van der Waals surface area contributed by atoms with E-state index >= 15 is 0 Å². The standard InChI is InChI=1S/C19H19BrN2O3/c20-17-8-4-7-16(13-17)18(23)21-9-11-22(12-10-21)19(24)25-14-15-5-2-1-3-6-15/h1-8,13H,9-12,14H2. The van der Waals surface area contributed by atoms with Gasteiger partial charge in [-0.05, 0) is 23.8 Å². The normalized spacial score (nSPS) is 14.3. The second-order valence-corrected chi connectivity index (χ2v) is 6.75. The van der Waals surface area contributed by atoms with Crippen LogP contribution >= 0.6 is 15.9 Å². The van der Waals surface area contributed by atoms with E-state index in [1.54, 1.807) is 15.9 Å². The third-order valence-corrected chi connectivity index (χ3v) is 4.60. The van der Waals surface area contributed by atoms with Crippen LogP contribution in [-0.4, -0.2) is 48.0 Å². The van der Waals surface area contributed by atoms with Gasteiger partial charge < -0.3 is 14.5 Å². The Balaban J connectivity index is 1.49. The first kappa shape index (κ1) is 17.5. The van der Waals surface area contributed by atoms with Crippen LogP contribution in [0.15, 0.2) is 59.1 Å². The van der Waals surface area contributed by atoms with E-state index in [2.05, 4.69) is 15.9 Å². The lowest BCUT2D eigenvalue weighted by atomic mass is 10.2. The molecule has 0 radical (unpaired) electrons. The summed E-state index contributed by atoms with van der Waals surface area (Å²) in [6, 6.07) is 16.9. The molecule has 0 saturated carbocycles. The highest BCUT2D eigenvalue weighted by atomic mass is 79.9. The zero-order valence-corrected chi connectivity index (χ0v) is 15.3. The van der Waals surface area contributed by atoms with E-state index in [-0.39, 0.29) is 18.6 Å². The van der Waals surface area contributed by atoms with Gasteiger partial charge in [-0.15, -0.1) is 0 Å². The smallest absolute Gasteiger partial charge is 0.410 e. The van der Waals surface area contributed by atoms with Gasteiger partial charge in [-0.2, -0.15) is 0 Å². The summed E-state index contributed by atoms with van der Waals surface area (Å²) in [6.45, 7) is 2.23. The summed E-state index contributed by atoms with van der Waals surface area (Å²) in [6.07, 6.45) is -0.335. The van der Waals surface area contributed by atoms with Crippen LogP contribution in [0.5, 0.6) is 0 Å². The molecule has 1 saturated heterocycles. The van der Waals surface area contributed by atoms with Gasteiger partial charge in [-0.3, -0.25) is 4.79 Å². The Morgan fingerprint density at radius 3 is 2.28 bits per heavy atom. The summed E-state index contributed by atoms with van der Waals surface area (Å²) in [5.41, 5.74) is 1.61. The van der Waals surface area contributed by atoms with Crippen molar-refractivity contribution in [2.75, 3.05) is 26.2 Å². The number of nitrogens with zero attached hydrogens (tertiary/aromatic N) is 2. The molecule has 0 aromatic heterocycles. The Bertz CT molecular complexity index is 743. The maximum absolute atomic E-state index is 12.5. The van der Waals surface area contributed by atoms with Crippen LogP contribution in [0.4, 0.5) is 4.79 Å². The first-order chi connectivity index (χ1) is 12.1. The topological polar surface area (TPSA) is 49.9 Å². The van der Waals surface area contributed by atoms with Gasteiger partial charge in [0.1, 0.15) is 6.61 Å². The number of benzene rings is 2. The minimum Gasteiger partial charge on any atom is -0.445 e. The van der Waals surface area contributed by atoms with Crippen molar-refractivity contribution in [2.24, 2.45) is 0 Å². The molecular weight excluding hydrogens is 384 g/mol. The third kappa shape index (κ3) is 4.60. The van der Waals surface area contributed by atoms with Crippen molar-refractivity contribution in [1.29, 1.82) is 0 Å². The van der Waals surface area contributed by atoms with Gasteiger partial charge in [0.25, 0.3) is 5.91 Å². The van der Waals surface area contributed by atoms with Crippen LogP contribution in [0.3, 0.4) is 0 Å². The Morgan fingerprint density at radius 1 is 0.920 bits per heavy atom. The number of ether oxygens (including phenoxy) is 1. The van der Waals surface area contributed by atoms with E-state index < -0.39 is 0 Å². The van der Waals surface area contributed by atoms with Gasteiger partial charge in [0, 0.05) is 36.2 Å². The molecule has 6 heteroatoms. The molecule has 0 N–H and O–H groups in total. The van der Waals surface area contributed by atoms with Gasteiger partial charge in [0.15, 0.2) is 0 Å². The Hall–Kier alpha value is -2.34. The Labute approximate surface area is 155 Å². The van der Waals surface area contributed by atoms with Crippen LogP contribution in [-0.2, 0) is 11.3 Å². The zero-order valence-electron chi connectivity index (χ0n) is 13.7. The van der Waals surface area contributed by atoms with Crippen molar-refractivity contribution in [3.63, 3.8) is 0 Å². The van der Waals surface area contributed by atoms with E-state index in [0.717, 1.165) is 10.0 Å². The minimum atomic E-state index is -0.335.